The van der Waals surface area contributed by atoms with E-state index in [2.05, 4.69) is 17.3 Å². The average molecular weight is 166 g/mol. The summed E-state index contributed by atoms with van der Waals surface area (Å²) < 4.78 is 0. The number of nitrogens with zero attached hydrogens (tertiary/aromatic N) is 1. The molecular weight excluding hydrogens is 148 g/mol. The Hall–Kier alpha value is -0.0800. The van der Waals surface area contributed by atoms with E-state index in [1.165, 1.54) is 45.4 Å². The molecule has 2 heterocycles. The number of rotatable bonds is 0. The highest BCUT2D eigenvalue weighted by molar-refractivity contribution is 5.15. The van der Waals surface area contributed by atoms with Gasteiger partial charge >= 0.3 is 0 Å². The lowest BCUT2D eigenvalue weighted by molar-refractivity contribution is 0.212. The van der Waals surface area contributed by atoms with Crippen molar-refractivity contribution in [3.05, 3.63) is 0 Å². The third kappa shape index (κ3) is 0.647. The zero-order chi connectivity index (χ0) is 8.23. The summed E-state index contributed by atoms with van der Waals surface area (Å²) in [6.07, 6.45) is 4.43. The van der Waals surface area contributed by atoms with Gasteiger partial charge in [0.2, 0.25) is 0 Å². The van der Waals surface area contributed by atoms with Crippen LogP contribution < -0.4 is 5.32 Å². The zero-order valence-electron chi connectivity index (χ0n) is 7.90. The maximum atomic E-state index is 3.60. The van der Waals surface area contributed by atoms with Crippen molar-refractivity contribution in [3.8, 4) is 0 Å². The fourth-order valence-corrected chi connectivity index (χ4v) is 4.08. The monoisotopic (exact) mass is 166 g/mol. The summed E-state index contributed by atoms with van der Waals surface area (Å²) in [5, 5.41) is 3.60. The Morgan fingerprint density at radius 2 is 1.67 bits per heavy atom. The molecule has 2 atom stereocenters. The second kappa shape index (κ2) is 2.05. The first-order valence-corrected chi connectivity index (χ1v) is 5.16. The average Bonchev–Trinajstić information content (AvgIpc) is 2.44. The molecule has 0 radical (unpaired) electrons. The van der Waals surface area contributed by atoms with Gasteiger partial charge in [-0.25, -0.2) is 0 Å². The lowest BCUT2D eigenvalue weighted by Crippen LogP contribution is -2.34. The second-order valence-corrected chi connectivity index (χ2v) is 5.19. The van der Waals surface area contributed by atoms with E-state index in [9.17, 15) is 0 Å². The van der Waals surface area contributed by atoms with Crippen LogP contribution in [-0.4, -0.2) is 38.1 Å². The molecule has 2 aliphatic heterocycles. The van der Waals surface area contributed by atoms with E-state index in [0.717, 1.165) is 0 Å². The normalized spacial score (nSPS) is 52.8. The molecule has 3 rings (SSSR count). The molecule has 12 heavy (non-hydrogen) atoms. The van der Waals surface area contributed by atoms with Crippen molar-refractivity contribution in [3.63, 3.8) is 0 Å². The van der Waals surface area contributed by atoms with E-state index in [1.807, 2.05) is 0 Å². The zero-order valence-corrected chi connectivity index (χ0v) is 7.90. The maximum absolute atomic E-state index is 3.60. The van der Waals surface area contributed by atoms with Crippen molar-refractivity contribution >= 4 is 0 Å². The number of likely N-dealkylation sites (tertiary alicyclic amines) is 1. The van der Waals surface area contributed by atoms with E-state index in [4.69, 9.17) is 0 Å². The molecule has 0 bridgehead atoms. The number of nitrogens with one attached hydrogen (secondary N) is 1. The summed E-state index contributed by atoms with van der Waals surface area (Å²) in [5.74, 6) is 0. The molecule has 2 saturated heterocycles. The Balaban J connectivity index is 2.02. The van der Waals surface area contributed by atoms with E-state index in [1.54, 1.807) is 0 Å². The van der Waals surface area contributed by atoms with Gasteiger partial charge in [-0.05, 0) is 19.9 Å². The van der Waals surface area contributed by atoms with Crippen LogP contribution in [0.2, 0.25) is 0 Å². The van der Waals surface area contributed by atoms with Crippen LogP contribution in [0.15, 0.2) is 0 Å². The third-order valence-electron chi connectivity index (χ3n) is 4.51. The fourth-order valence-electron chi connectivity index (χ4n) is 4.08. The van der Waals surface area contributed by atoms with Crippen LogP contribution in [0.3, 0.4) is 0 Å². The summed E-state index contributed by atoms with van der Waals surface area (Å²) in [6.45, 7) is 5.27. The highest BCUT2D eigenvalue weighted by atomic mass is 15.2. The van der Waals surface area contributed by atoms with Crippen LogP contribution in [0, 0.1) is 10.8 Å². The summed E-state index contributed by atoms with van der Waals surface area (Å²) in [5.41, 5.74) is 1.36. The molecule has 0 aromatic carbocycles. The number of hydrogen-bond acceptors (Lipinski definition) is 2. The van der Waals surface area contributed by atoms with Gasteiger partial charge in [-0.3, -0.25) is 0 Å². The summed E-state index contributed by atoms with van der Waals surface area (Å²) in [7, 11) is 2.28. The van der Waals surface area contributed by atoms with E-state index in [0.29, 0.717) is 10.8 Å². The predicted octanol–water partition coefficient (Wildman–Crippen LogP) is 0.692. The van der Waals surface area contributed by atoms with Crippen molar-refractivity contribution in [2.24, 2.45) is 10.8 Å². The highest BCUT2D eigenvalue weighted by Gasteiger charge is 2.61. The lowest BCUT2D eigenvalue weighted by Gasteiger charge is -2.30. The van der Waals surface area contributed by atoms with Crippen LogP contribution in [0.25, 0.3) is 0 Å². The number of hydrogen-bond donors (Lipinski definition) is 1. The first-order chi connectivity index (χ1) is 5.77. The molecule has 3 fully saturated rings. The van der Waals surface area contributed by atoms with E-state index < -0.39 is 0 Å². The molecule has 0 aromatic heterocycles. The van der Waals surface area contributed by atoms with E-state index >= 15 is 0 Å². The van der Waals surface area contributed by atoms with E-state index in [-0.39, 0.29) is 0 Å². The van der Waals surface area contributed by atoms with Crippen LogP contribution in [-0.2, 0) is 0 Å². The second-order valence-electron chi connectivity index (χ2n) is 5.19. The highest BCUT2D eigenvalue weighted by Crippen LogP contribution is 2.59. The van der Waals surface area contributed by atoms with Gasteiger partial charge in [0.1, 0.15) is 0 Å². The topological polar surface area (TPSA) is 15.3 Å². The molecule has 3 aliphatic rings. The summed E-state index contributed by atoms with van der Waals surface area (Å²) >= 11 is 0. The predicted molar refractivity (Wildman–Crippen MR) is 49.1 cm³/mol. The molecule has 1 saturated carbocycles. The van der Waals surface area contributed by atoms with Crippen molar-refractivity contribution in [2.75, 3.05) is 33.2 Å². The maximum Gasteiger partial charge on any atom is 0.00537 e. The van der Waals surface area contributed by atoms with Crippen molar-refractivity contribution < 1.29 is 0 Å². The van der Waals surface area contributed by atoms with Crippen LogP contribution in [0.5, 0.6) is 0 Å². The minimum atomic E-state index is 0.682. The standard InChI is InChI=1S/C10H18N2/c1-12-7-9-3-2-4-10(9,8-12)6-11-5-9/h11H,2-8H2,1H3. The van der Waals surface area contributed by atoms with Crippen LogP contribution in [0.1, 0.15) is 19.3 Å². The molecule has 0 aromatic rings. The minimum absolute atomic E-state index is 0.682. The SMILES string of the molecule is CN1CC23CCCC2(CNC3)C1. The Labute approximate surface area is 74.3 Å². The third-order valence-corrected chi connectivity index (χ3v) is 4.51. The first-order valence-electron chi connectivity index (χ1n) is 5.16. The van der Waals surface area contributed by atoms with Gasteiger partial charge in [0.05, 0.1) is 0 Å². The smallest absolute Gasteiger partial charge is 0.00537 e. The Morgan fingerprint density at radius 3 is 2.25 bits per heavy atom. The molecule has 0 amide bonds. The lowest BCUT2D eigenvalue weighted by atomic mass is 9.71. The summed E-state index contributed by atoms with van der Waals surface area (Å²) in [6, 6.07) is 0. The molecule has 2 heteroatoms. The molecule has 0 spiro atoms. The van der Waals surface area contributed by atoms with Gasteiger partial charge in [-0.15, -0.1) is 0 Å². The largest absolute Gasteiger partial charge is 0.315 e. The minimum Gasteiger partial charge on any atom is -0.315 e. The Morgan fingerprint density at radius 1 is 1.08 bits per heavy atom. The van der Waals surface area contributed by atoms with Gasteiger partial charge in [0.15, 0.2) is 0 Å². The summed E-state index contributed by atoms with van der Waals surface area (Å²) in [4.78, 5) is 2.54. The van der Waals surface area contributed by atoms with Crippen LogP contribution in [0.4, 0.5) is 0 Å². The Bertz CT molecular complexity index is 182. The van der Waals surface area contributed by atoms with Gasteiger partial charge in [0, 0.05) is 37.0 Å². The van der Waals surface area contributed by atoms with Crippen molar-refractivity contribution in [2.45, 2.75) is 19.3 Å². The first kappa shape index (κ1) is 7.34. The molecule has 1 N–H and O–H groups in total. The molecule has 2 unspecified atom stereocenters. The van der Waals surface area contributed by atoms with Gasteiger partial charge in [0.25, 0.3) is 0 Å². The van der Waals surface area contributed by atoms with Crippen molar-refractivity contribution in [1.82, 2.24) is 10.2 Å². The molecule has 1 aliphatic carbocycles. The van der Waals surface area contributed by atoms with Gasteiger partial charge in [-0.2, -0.15) is 0 Å². The molecule has 68 valence electrons. The molecular formula is C10H18N2. The Kier molecular flexibility index (Phi) is 1.25. The quantitative estimate of drug-likeness (QED) is 0.569. The van der Waals surface area contributed by atoms with Crippen molar-refractivity contribution in [1.29, 1.82) is 0 Å². The molecule has 2 nitrogen and oxygen atoms in total. The van der Waals surface area contributed by atoms with Gasteiger partial charge < -0.3 is 10.2 Å². The van der Waals surface area contributed by atoms with Crippen LogP contribution >= 0.6 is 0 Å². The van der Waals surface area contributed by atoms with Gasteiger partial charge in [-0.1, -0.05) is 6.42 Å². The fraction of sp³-hybridized carbons (Fsp3) is 1.00.